The molecule has 0 amide bonds. The molecule has 19 heavy (non-hydrogen) atoms. The first kappa shape index (κ1) is 12.8. The van der Waals surface area contributed by atoms with Crippen LogP contribution in [-0.2, 0) is 0 Å². The molecule has 0 aliphatic rings. The highest BCUT2D eigenvalue weighted by atomic mass is 16.5. The fourth-order valence-corrected chi connectivity index (χ4v) is 1.53. The van der Waals surface area contributed by atoms with Crippen molar-refractivity contribution in [1.82, 2.24) is 9.97 Å². The fraction of sp³-hybridized carbons (Fsp3) is 0.214. The van der Waals surface area contributed by atoms with Crippen LogP contribution < -0.4 is 10.1 Å². The zero-order valence-electron chi connectivity index (χ0n) is 10.8. The van der Waals surface area contributed by atoms with Gasteiger partial charge in [0.1, 0.15) is 11.8 Å². The van der Waals surface area contributed by atoms with E-state index in [1.807, 2.05) is 19.9 Å². The molecule has 1 aromatic heterocycles. The van der Waals surface area contributed by atoms with Crippen molar-refractivity contribution in [3.8, 4) is 17.7 Å². The molecule has 0 aliphatic carbocycles. The summed E-state index contributed by atoms with van der Waals surface area (Å²) < 4.78 is 5.70. The number of para-hydroxylation sites is 1. The van der Waals surface area contributed by atoms with E-state index in [-0.39, 0.29) is 0 Å². The van der Waals surface area contributed by atoms with E-state index < -0.39 is 0 Å². The molecule has 0 aliphatic heterocycles. The Morgan fingerprint density at radius 2 is 2.16 bits per heavy atom. The molecule has 96 valence electrons. The summed E-state index contributed by atoms with van der Waals surface area (Å²) in [4.78, 5) is 8.42. The summed E-state index contributed by atoms with van der Waals surface area (Å²) in [6, 6.07) is 9.15. The molecule has 1 heterocycles. The molecule has 2 rings (SSSR count). The molecule has 0 spiro atoms. The topological polar surface area (TPSA) is 70.8 Å². The van der Waals surface area contributed by atoms with Crippen molar-refractivity contribution >= 4 is 5.95 Å². The molecule has 1 aromatic carbocycles. The summed E-state index contributed by atoms with van der Waals surface area (Å²) in [6.07, 6.45) is 1.69. The molecule has 0 saturated carbocycles. The average Bonchev–Trinajstić information content (AvgIpc) is 2.43. The fourth-order valence-electron chi connectivity index (χ4n) is 1.53. The predicted molar refractivity (Wildman–Crippen MR) is 72.2 cm³/mol. The van der Waals surface area contributed by atoms with Gasteiger partial charge in [-0.2, -0.15) is 10.2 Å². The van der Waals surface area contributed by atoms with Gasteiger partial charge in [-0.05, 0) is 26.0 Å². The molecule has 1 N–H and O–H groups in total. The number of benzene rings is 1. The minimum absolute atomic E-state index is 0.452. The molecule has 0 bridgehead atoms. The quantitative estimate of drug-likeness (QED) is 0.908. The number of rotatable bonds is 4. The van der Waals surface area contributed by atoms with Gasteiger partial charge in [-0.25, -0.2) is 4.98 Å². The lowest BCUT2D eigenvalue weighted by atomic mass is 10.2. The van der Waals surface area contributed by atoms with Crippen LogP contribution in [0.1, 0.15) is 18.1 Å². The van der Waals surface area contributed by atoms with Crippen molar-refractivity contribution in [2.24, 2.45) is 0 Å². The lowest BCUT2D eigenvalue weighted by molar-refractivity contribution is 0.457. The molecule has 0 saturated heterocycles. The van der Waals surface area contributed by atoms with Crippen LogP contribution in [0, 0.1) is 18.3 Å². The van der Waals surface area contributed by atoms with Crippen LogP contribution in [-0.4, -0.2) is 16.5 Å². The largest absolute Gasteiger partial charge is 0.437 e. The number of nitriles is 1. The third kappa shape index (κ3) is 2.99. The Kier molecular flexibility index (Phi) is 3.94. The minimum Gasteiger partial charge on any atom is -0.437 e. The van der Waals surface area contributed by atoms with Crippen LogP contribution in [0.25, 0.3) is 0 Å². The summed E-state index contributed by atoms with van der Waals surface area (Å²) in [7, 11) is 0. The second kappa shape index (κ2) is 5.83. The van der Waals surface area contributed by atoms with Crippen molar-refractivity contribution in [2.45, 2.75) is 13.8 Å². The molecule has 5 nitrogen and oxygen atoms in total. The Morgan fingerprint density at radius 3 is 2.89 bits per heavy atom. The number of ether oxygens (including phenoxy) is 1. The van der Waals surface area contributed by atoms with Gasteiger partial charge < -0.3 is 10.1 Å². The van der Waals surface area contributed by atoms with E-state index in [0.29, 0.717) is 23.1 Å². The highest BCUT2D eigenvalue weighted by molar-refractivity contribution is 5.45. The van der Waals surface area contributed by atoms with Gasteiger partial charge in [0.05, 0.1) is 5.56 Å². The van der Waals surface area contributed by atoms with Gasteiger partial charge in [-0.15, -0.1) is 0 Å². The zero-order valence-corrected chi connectivity index (χ0v) is 10.8. The van der Waals surface area contributed by atoms with E-state index in [2.05, 4.69) is 21.4 Å². The van der Waals surface area contributed by atoms with Crippen LogP contribution in [0.2, 0.25) is 0 Å². The monoisotopic (exact) mass is 254 g/mol. The molecule has 2 aromatic rings. The number of aryl methyl sites for hydroxylation is 1. The third-order valence-corrected chi connectivity index (χ3v) is 2.47. The van der Waals surface area contributed by atoms with Crippen LogP contribution in [0.5, 0.6) is 11.6 Å². The number of hydrogen-bond donors (Lipinski definition) is 1. The summed E-state index contributed by atoms with van der Waals surface area (Å²) in [5.41, 5.74) is 1.29. The van der Waals surface area contributed by atoms with E-state index >= 15 is 0 Å². The first-order valence-corrected chi connectivity index (χ1v) is 5.99. The first-order chi connectivity index (χ1) is 9.24. The van der Waals surface area contributed by atoms with Crippen LogP contribution in [0.15, 0.2) is 30.5 Å². The maximum Gasteiger partial charge on any atom is 0.227 e. The van der Waals surface area contributed by atoms with Crippen LogP contribution in [0.4, 0.5) is 5.95 Å². The van der Waals surface area contributed by atoms with Crippen LogP contribution >= 0.6 is 0 Å². The lowest BCUT2D eigenvalue weighted by Gasteiger charge is -2.10. The normalized spacial score (nSPS) is 9.74. The van der Waals surface area contributed by atoms with Gasteiger partial charge in [0.25, 0.3) is 0 Å². The third-order valence-electron chi connectivity index (χ3n) is 2.47. The summed E-state index contributed by atoms with van der Waals surface area (Å²) in [5, 5.41) is 12.1. The second-order valence-electron chi connectivity index (χ2n) is 3.92. The standard InChI is InChI=1S/C14H14N4O/c1-3-16-14-17-9-10(2)13(18-14)19-12-7-5-4-6-11(12)8-15/h4-7,9H,3H2,1-2H3,(H,16,17,18). The van der Waals surface area contributed by atoms with Crippen molar-refractivity contribution in [1.29, 1.82) is 5.26 Å². The summed E-state index contributed by atoms with van der Waals surface area (Å²) >= 11 is 0. The Bertz CT molecular complexity index is 619. The molecule has 5 heteroatoms. The average molecular weight is 254 g/mol. The predicted octanol–water partition coefficient (Wildman–Crippen LogP) is 2.88. The maximum absolute atomic E-state index is 9.03. The van der Waals surface area contributed by atoms with Crippen molar-refractivity contribution < 1.29 is 4.74 Å². The van der Waals surface area contributed by atoms with E-state index in [0.717, 1.165) is 12.1 Å². The van der Waals surface area contributed by atoms with E-state index in [9.17, 15) is 0 Å². The van der Waals surface area contributed by atoms with E-state index in [1.54, 1.807) is 24.4 Å². The van der Waals surface area contributed by atoms with Gasteiger partial charge in [-0.3, -0.25) is 0 Å². The molecule has 0 fully saturated rings. The van der Waals surface area contributed by atoms with Gasteiger partial charge in [0, 0.05) is 18.3 Å². The van der Waals surface area contributed by atoms with Crippen molar-refractivity contribution in [3.05, 3.63) is 41.6 Å². The van der Waals surface area contributed by atoms with Crippen LogP contribution in [0.3, 0.4) is 0 Å². The Morgan fingerprint density at radius 1 is 1.37 bits per heavy atom. The SMILES string of the molecule is CCNc1ncc(C)c(Oc2ccccc2C#N)n1. The zero-order chi connectivity index (χ0) is 13.7. The number of hydrogen-bond acceptors (Lipinski definition) is 5. The maximum atomic E-state index is 9.03. The summed E-state index contributed by atoms with van der Waals surface area (Å²) in [5.74, 6) is 1.46. The van der Waals surface area contributed by atoms with Gasteiger partial charge in [0.2, 0.25) is 11.8 Å². The van der Waals surface area contributed by atoms with Gasteiger partial charge in [-0.1, -0.05) is 12.1 Å². The molecular formula is C14H14N4O. The number of anilines is 1. The first-order valence-electron chi connectivity index (χ1n) is 5.99. The van der Waals surface area contributed by atoms with Gasteiger partial charge in [0.15, 0.2) is 0 Å². The van der Waals surface area contributed by atoms with Crippen molar-refractivity contribution in [2.75, 3.05) is 11.9 Å². The highest BCUT2D eigenvalue weighted by Crippen LogP contribution is 2.26. The van der Waals surface area contributed by atoms with Gasteiger partial charge >= 0.3 is 0 Å². The Labute approximate surface area is 111 Å². The Balaban J connectivity index is 2.32. The molecule has 0 unspecified atom stereocenters. The molecular weight excluding hydrogens is 240 g/mol. The highest BCUT2D eigenvalue weighted by Gasteiger charge is 2.08. The molecule has 0 radical (unpaired) electrons. The molecule has 0 atom stereocenters. The van der Waals surface area contributed by atoms with E-state index in [1.165, 1.54) is 0 Å². The Hall–Kier alpha value is -2.61. The summed E-state index contributed by atoms with van der Waals surface area (Å²) in [6.45, 7) is 4.56. The number of nitrogens with zero attached hydrogens (tertiary/aromatic N) is 3. The van der Waals surface area contributed by atoms with Crippen molar-refractivity contribution in [3.63, 3.8) is 0 Å². The smallest absolute Gasteiger partial charge is 0.227 e. The second-order valence-corrected chi connectivity index (χ2v) is 3.92. The number of aromatic nitrogens is 2. The lowest BCUT2D eigenvalue weighted by Crippen LogP contribution is -2.04. The minimum atomic E-state index is 0.452. The van der Waals surface area contributed by atoms with E-state index in [4.69, 9.17) is 10.00 Å². The number of nitrogens with one attached hydrogen (secondary N) is 1.